The molecule has 0 saturated carbocycles. The third-order valence-electron chi connectivity index (χ3n) is 6.97. The van der Waals surface area contributed by atoms with E-state index >= 15 is 0 Å². The monoisotopic (exact) mass is 600 g/mol. The Morgan fingerprint density at radius 1 is 0.806 bits per heavy atom. The lowest BCUT2D eigenvalue weighted by Crippen LogP contribution is -2.48. The third kappa shape index (κ3) is 3.62. The molecule has 2 saturated heterocycles. The molecule has 0 aromatic heterocycles. The first-order valence-corrected chi connectivity index (χ1v) is 13.1. The minimum atomic E-state index is -0.903. The van der Waals surface area contributed by atoms with E-state index in [0.29, 0.717) is 26.3 Å². The molecule has 0 radical (unpaired) electrons. The Hall–Kier alpha value is -2.64. The highest BCUT2D eigenvalue weighted by atomic mass is 79.9. The van der Waals surface area contributed by atoms with E-state index in [1.807, 2.05) is 23.1 Å². The average molecular weight is 603 g/mol. The van der Waals surface area contributed by atoms with Crippen LogP contribution >= 0.6 is 50.7 Å². The predicted octanol–water partition coefficient (Wildman–Crippen LogP) is 6.68. The van der Waals surface area contributed by atoms with Crippen LogP contribution in [0.2, 0.25) is 15.1 Å². The smallest absolute Gasteiger partial charge is 0.240 e. The van der Waals surface area contributed by atoms with Crippen LogP contribution in [0.4, 0.5) is 11.4 Å². The van der Waals surface area contributed by atoms with E-state index in [0.717, 1.165) is 20.6 Å². The molecule has 0 bridgehead atoms. The molecule has 3 aromatic rings. The van der Waals surface area contributed by atoms with E-state index < -0.39 is 29.8 Å². The average Bonchev–Trinajstić information content (AvgIpc) is 3.31. The maximum absolute atomic E-state index is 14.0. The van der Waals surface area contributed by atoms with Crippen LogP contribution in [0.5, 0.6) is 0 Å². The van der Waals surface area contributed by atoms with Gasteiger partial charge in [0.05, 0.1) is 23.6 Å². The molecule has 9 heteroatoms. The summed E-state index contributed by atoms with van der Waals surface area (Å²) in [4.78, 5) is 44.8. The maximum Gasteiger partial charge on any atom is 0.240 e. The van der Waals surface area contributed by atoms with Gasteiger partial charge >= 0.3 is 0 Å². The van der Waals surface area contributed by atoms with Crippen LogP contribution in [0.15, 0.2) is 71.2 Å². The molecule has 0 spiro atoms. The number of halogens is 4. The molecule has 2 fully saturated rings. The highest BCUT2D eigenvalue weighted by Gasteiger charge is 2.64. The van der Waals surface area contributed by atoms with Crippen molar-refractivity contribution in [3.63, 3.8) is 0 Å². The second-order valence-corrected chi connectivity index (χ2v) is 11.2. The quantitative estimate of drug-likeness (QED) is 0.248. The number of Topliss-reactive ketones (excluding diaryl/α,β-unsaturated/α-hetero) is 1. The van der Waals surface area contributed by atoms with Crippen LogP contribution < -0.4 is 9.80 Å². The van der Waals surface area contributed by atoms with Gasteiger partial charge in [0.25, 0.3) is 0 Å². The molecule has 3 heterocycles. The Morgan fingerprint density at radius 3 is 2.17 bits per heavy atom. The Bertz CT molecular complexity index is 1470. The summed E-state index contributed by atoms with van der Waals surface area (Å²) in [5.74, 6) is -2.74. The molecule has 4 atom stereocenters. The number of rotatable bonds is 3. The first kappa shape index (κ1) is 23.7. The summed E-state index contributed by atoms with van der Waals surface area (Å²) in [6.45, 7) is 0. The molecular weight excluding hydrogens is 587 g/mol. The summed E-state index contributed by atoms with van der Waals surface area (Å²) >= 11 is 22.1. The van der Waals surface area contributed by atoms with Crippen LogP contribution in [0.1, 0.15) is 15.9 Å². The van der Waals surface area contributed by atoms with Crippen molar-refractivity contribution in [2.45, 2.75) is 12.1 Å². The third-order valence-corrected chi connectivity index (χ3v) is 8.17. The fourth-order valence-electron chi connectivity index (χ4n) is 5.54. The molecule has 6 rings (SSSR count). The van der Waals surface area contributed by atoms with Gasteiger partial charge < -0.3 is 4.90 Å². The van der Waals surface area contributed by atoms with E-state index in [1.165, 1.54) is 18.2 Å². The fourth-order valence-corrected chi connectivity index (χ4v) is 6.48. The van der Waals surface area contributed by atoms with E-state index in [4.69, 9.17) is 34.8 Å². The number of fused-ring (bicyclic) bond motifs is 5. The normalized spacial score (nSPS) is 24.1. The van der Waals surface area contributed by atoms with Crippen molar-refractivity contribution in [1.29, 1.82) is 0 Å². The fraction of sp³-hybridized carbons (Fsp3) is 0.148. The number of amides is 2. The van der Waals surface area contributed by atoms with Crippen LogP contribution in [-0.2, 0) is 9.59 Å². The van der Waals surface area contributed by atoms with Crippen molar-refractivity contribution < 1.29 is 14.4 Å². The van der Waals surface area contributed by atoms with Crippen LogP contribution in [-0.4, -0.2) is 29.7 Å². The molecule has 2 amide bonds. The van der Waals surface area contributed by atoms with Crippen LogP contribution in [0.3, 0.4) is 0 Å². The first-order chi connectivity index (χ1) is 17.2. The van der Waals surface area contributed by atoms with Gasteiger partial charge in [0, 0.05) is 30.8 Å². The summed E-state index contributed by atoms with van der Waals surface area (Å²) < 4.78 is 0.829. The topological polar surface area (TPSA) is 57.7 Å². The number of carbonyl (C=O) groups is 3. The van der Waals surface area contributed by atoms with Gasteiger partial charge in [0.2, 0.25) is 11.8 Å². The number of anilines is 2. The molecular formula is C27H16BrCl3N2O3. The van der Waals surface area contributed by atoms with Crippen LogP contribution in [0, 0.1) is 11.8 Å². The lowest BCUT2D eigenvalue weighted by Gasteiger charge is -2.36. The highest BCUT2D eigenvalue weighted by Crippen LogP contribution is 2.50. The number of hydrogen-bond donors (Lipinski definition) is 0. The molecule has 3 aliphatic rings. The summed E-state index contributed by atoms with van der Waals surface area (Å²) in [5, 5.41) is 1.11. The van der Waals surface area contributed by atoms with Crippen molar-refractivity contribution in [3.05, 3.63) is 97.4 Å². The zero-order valence-corrected chi connectivity index (χ0v) is 22.2. The lowest BCUT2D eigenvalue weighted by atomic mass is 9.86. The van der Waals surface area contributed by atoms with Gasteiger partial charge in [0.15, 0.2) is 5.78 Å². The van der Waals surface area contributed by atoms with Gasteiger partial charge in [-0.05, 0) is 48.0 Å². The second kappa shape index (κ2) is 8.73. The zero-order valence-electron chi connectivity index (χ0n) is 18.4. The van der Waals surface area contributed by atoms with Gasteiger partial charge in [0.1, 0.15) is 6.04 Å². The second-order valence-electron chi connectivity index (χ2n) is 8.97. The molecule has 0 aliphatic carbocycles. The molecule has 5 nitrogen and oxygen atoms in total. The molecule has 36 heavy (non-hydrogen) atoms. The Morgan fingerprint density at radius 2 is 1.47 bits per heavy atom. The first-order valence-electron chi connectivity index (χ1n) is 11.1. The largest absolute Gasteiger partial charge is 0.352 e. The van der Waals surface area contributed by atoms with Crippen LogP contribution in [0.25, 0.3) is 6.08 Å². The molecule has 0 unspecified atom stereocenters. The number of nitrogens with zero attached hydrogens (tertiary/aromatic N) is 2. The number of imide groups is 1. The Kier molecular flexibility index (Phi) is 5.76. The summed E-state index contributed by atoms with van der Waals surface area (Å²) in [6.07, 6.45) is 3.80. The van der Waals surface area contributed by atoms with Gasteiger partial charge in [-0.2, -0.15) is 0 Å². The van der Waals surface area contributed by atoms with E-state index in [1.54, 1.807) is 36.4 Å². The Balaban J connectivity index is 1.51. The Labute approximate surface area is 230 Å². The predicted molar refractivity (Wildman–Crippen MR) is 145 cm³/mol. The number of carbonyl (C=O) groups excluding carboxylic acids is 3. The summed E-state index contributed by atoms with van der Waals surface area (Å²) in [7, 11) is 0. The lowest BCUT2D eigenvalue weighted by molar-refractivity contribution is -0.122. The van der Waals surface area contributed by atoms with Gasteiger partial charge in [-0.25, -0.2) is 4.90 Å². The van der Waals surface area contributed by atoms with Crippen molar-refractivity contribution in [2.24, 2.45) is 11.8 Å². The van der Waals surface area contributed by atoms with Crippen molar-refractivity contribution in [2.75, 3.05) is 9.80 Å². The number of benzene rings is 3. The molecule has 3 aliphatic heterocycles. The number of ketones is 1. The maximum atomic E-state index is 14.0. The standard InChI is InChI=1S/C27H16BrCl3N2O3/c28-15-5-1-14(2-6-15)25(34)24-23-22(20-8-4-13-3-7-16(29)12-21(13)33(20)24)26(35)32(27(23)36)19-10-17(30)9-18(31)11-19/h1-12,20,22-24H/t20-,22-,23-,24+/m1/s1. The van der Waals surface area contributed by atoms with Crippen molar-refractivity contribution >= 4 is 85.8 Å². The zero-order chi connectivity index (χ0) is 25.3. The van der Waals surface area contributed by atoms with Gasteiger partial charge in [-0.1, -0.05) is 81.1 Å². The minimum Gasteiger partial charge on any atom is -0.352 e. The molecule has 180 valence electrons. The van der Waals surface area contributed by atoms with E-state index in [9.17, 15) is 14.4 Å². The minimum absolute atomic E-state index is 0.242. The molecule has 3 aromatic carbocycles. The number of hydrogen-bond acceptors (Lipinski definition) is 4. The van der Waals surface area contributed by atoms with Gasteiger partial charge in [-0.15, -0.1) is 0 Å². The molecule has 0 N–H and O–H groups in total. The summed E-state index contributed by atoms with van der Waals surface area (Å²) in [6, 6.07) is 15.6. The van der Waals surface area contributed by atoms with Crippen molar-refractivity contribution in [1.82, 2.24) is 0 Å². The SMILES string of the molecule is O=C(c1ccc(Br)cc1)[C@@H]1[C@@H]2C(=O)N(c3cc(Cl)cc(Cl)c3)C(=O)[C@@H]2[C@H]2C=Cc3ccc(Cl)cc3N21. The van der Waals surface area contributed by atoms with Crippen molar-refractivity contribution in [3.8, 4) is 0 Å². The highest BCUT2D eigenvalue weighted by molar-refractivity contribution is 9.10. The van der Waals surface area contributed by atoms with E-state index in [2.05, 4.69) is 15.9 Å². The summed E-state index contributed by atoms with van der Waals surface area (Å²) in [5.41, 5.74) is 2.33. The van der Waals surface area contributed by atoms with E-state index in [-0.39, 0.29) is 11.7 Å². The van der Waals surface area contributed by atoms with Gasteiger partial charge in [-0.3, -0.25) is 14.4 Å².